The lowest BCUT2D eigenvalue weighted by molar-refractivity contribution is -0.131. The third-order valence-electron chi connectivity index (χ3n) is 7.44. The molecule has 2 aliphatic carbocycles. The van der Waals surface area contributed by atoms with Gasteiger partial charge in [-0.2, -0.15) is 0 Å². The first kappa shape index (κ1) is 21.4. The van der Waals surface area contributed by atoms with Crippen molar-refractivity contribution >= 4 is 5.97 Å². The Morgan fingerprint density at radius 3 is 1.89 bits per heavy atom. The maximum atomic E-state index is 11.0. The standard InChI is InChI=1S/C26H40O2/c1-3-4-5-21-8-14-24(15-9-21)25-16-10-22(11-17-25)6-7-23-12-18-26(19-13-23)28-20(2)27/h12-13,18-19,21-22,24-25H,3-11,14-17H2,1-2H3/t21-,22-,24-,25-. The number of carbonyl (C=O) groups excluding carboxylic acids is 1. The van der Waals surface area contributed by atoms with E-state index >= 15 is 0 Å². The first-order valence-electron chi connectivity index (χ1n) is 11.9. The predicted octanol–water partition coefficient (Wildman–Crippen LogP) is 7.35. The van der Waals surface area contributed by atoms with Crippen molar-refractivity contribution < 1.29 is 9.53 Å². The number of ether oxygens (including phenoxy) is 1. The van der Waals surface area contributed by atoms with Gasteiger partial charge in [0, 0.05) is 6.92 Å². The smallest absolute Gasteiger partial charge is 0.308 e. The summed E-state index contributed by atoms with van der Waals surface area (Å²) in [7, 11) is 0. The predicted molar refractivity (Wildman–Crippen MR) is 116 cm³/mol. The highest BCUT2D eigenvalue weighted by Gasteiger charge is 2.30. The molecule has 1 aromatic rings. The number of benzene rings is 1. The van der Waals surface area contributed by atoms with Crippen molar-refractivity contribution in [2.24, 2.45) is 23.7 Å². The number of rotatable bonds is 8. The molecule has 0 amide bonds. The lowest BCUT2D eigenvalue weighted by Gasteiger charge is -2.38. The van der Waals surface area contributed by atoms with Gasteiger partial charge in [0.15, 0.2) is 0 Å². The SMILES string of the molecule is CCCC[C@H]1CC[C@H]([C@H]2CC[C@H](CCc3ccc(OC(C)=O)cc3)CC2)CC1. The van der Waals surface area contributed by atoms with Crippen LogP contribution in [0.1, 0.15) is 96.5 Å². The molecule has 2 fully saturated rings. The summed E-state index contributed by atoms with van der Waals surface area (Å²) in [6, 6.07) is 8.07. The Bertz CT molecular complexity index is 575. The summed E-state index contributed by atoms with van der Waals surface area (Å²) < 4.78 is 5.12. The second-order valence-electron chi connectivity index (χ2n) is 9.48. The van der Waals surface area contributed by atoms with Crippen molar-refractivity contribution in [1.82, 2.24) is 0 Å². The number of unbranched alkanes of at least 4 members (excludes halogenated alkanes) is 1. The molecule has 0 unspecified atom stereocenters. The van der Waals surface area contributed by atoms with Crippen molar-refractivity contribution in [2.45, 2.75) is 97.3 Å². The van der Waals surface area contributed by atoms with E-state index in [0.717, 1.165) is 30.1 Å². The van der Waals surface area contributed by atoms with Gasteiger partial charge in [-0.25, -0.2) is 0 Å². The van der Waals surface area contributed by atoms with Gasteiger partial charge in [-0.1, -0.05) is 64.0 Å². The molecule has 0 spiro atoms. The molecule has 0 heterocycles. The zero-order chi connectivity index (χ0) is 19.8. The quantitative estimate of drug-likeness (QED) is 0.346. The van der Waals surface area contributed by atoms with E-state index in [1.807, 2.05) is 12.1 Å². The molecule has 0 N–H and O–H groups in total. The number of hydrogen-bond donors (Lipinski definition) is 0. The maximum absolute atomic E-state index is 11.0. The average Bonchev–Trinajstić information content (AvgIpc) is 2.72. The highest BCUT2D eigenvalue weighted by Crippen LogP contribution is 2.43. The lowest BCUT2D eigenvalue weighted by atomic mass is 9.68. The van der Waals surface area contributed by atoms with E-state index in [0.29, 0.717) is 5.75 Å². The fourth-order valence-corrected chi connectivity index (χ4v) is 5.65. The molecule has 0 atom stereocenters. The Labute approximate surface area is 172 Å². The molecule has 0 saturated heterocycles. The minimum atomic E-state index is -0.251. The van der Waals surface area contributed by atoms with Gasteiger partial charge in [-0.3, -0.25) is 4.79 Å². The summed E-state index contributed by atoms with van der Waals surface area (Å²) in [6.07, 6.45) is 18.6. The Morgan fingerprint density at radius 2 is 1.39 bits per heavy atom. The molecule has 0 radical (unpaired) electrons. The van der Waals surface area contributed by atoms with E-state index < -0.39 is 0 Å². The highest BCUT2D eigenvalue weighted by molar-refractivity contribution is 5.69. The van der Waals surface area contributed by atoms with E-state index in [1.54, 1.807) is 0 Å². The van der Waals surface area contributed by atoms with Crippen molar-refractivity contribution in [3.8, 4) is 5.75 Å². The number of esters is 1. The van der Waals surface area contributed by atoms with Crippen LogP contribution in [-0.4, -0.2) is 5.97 Å². The van der Waals surface area contributed by atoms with Crippen LogP contribution in [0.5, 0.6) is 5.75 Å². The van der Waals surface area contributed by atoms with Gasteiger partial charge >= 0.3 is 5.97 Å². The second kappa shape index (κ2) is 11.0. The Balaban J connectivity index is 1.34. The Kier molecular flexibility index (Phi) is 8.43. The summed E-state index contributed by atoms with van der Waals surface area (Å²) in [4.78, 5) is 11.0. The largest absolute Gasteiger partial charge is 0.427 e. The van der Waals surface area contributed by atoms with Crippen LogP contribution in [-0.2, 0) is 11.2 Å². The molecule has 156 valence electrons. The second-order valence-corrected chi connectivity index (χ2v) is 9.48. The third-order valence-corrected chi connectivity index (χ3v) is 7.44. The van der Waals surface area contributed by atoms with Crippen LogP contribution < -0.4 is 4.74 Å². The van der Waals surface area contributed by atoms with Crippen LogP contribution in [0.2, 0.25) is 0 Å². The van der Waals surface area contributed by atoms with Crippen molar-refractivity contribution in [3.63, 3.8) is 0 Å². The molecule has 0 aliphatic heterocycles. The molecule has 2 saturated carbocycles. The fourth-order valence-electron chi connectivity index (χ4n) is 5.65. The molecule has 3 rings (SSSR count). The zero-order valence-electron chi connectivity index (χ0n) is 18.1. The summed E-state index contributed by atoms with van der Waals surface area (Å²) in [5.41, 5.74) is 1.36. The molecule has 2 nitrogen and oxygen atoms in total. The molecule has 1 aromatic carbocycles. The van der Waals surface area contributed by atoms with Gasteiger partial charge in [-0.15, -0.1) is 0 Å². The van der Waals surface area contributed by atoms with Gasteiger partial charge in [0.1, 0.15) is 5.75 Å². The molecule has 2 heteroatoms. The van der Waals surface area contributed by atoms with Gasteiger partial charge in [-0.05, 0) is 79.9 Å². The summed E-state index contributed by atoms with van der Waals surface area (Å²) in [6.45, 7) is 3.77. The number of aryl methyl sites for hydroxylation is 1. The Hall–Kier alpha value is -1.31. The van der Waals surface area contributed by atoms with E-state index in [2.05, 4.69) is 19.1 Å². The lowest BCUT2D eigenvalue weighted by Crippen LogP contribution is -2.26. The molecular weight excluding hydrogens is 344 g/mol. The topological polar surface area (TPSA) is 26.3 Å². The van der Waals surface area contributed by atoms with E-state index in [9.17, 15) is 4.79 Å². The van der Waals surface area contributed by atoms with Crippen molar-refractivity contribution in [1.29, 1.82) is 0 Å². The normalized spacial score (nSPS) is 28.1. The first-order chi connectivity index (χ1) is 13.6. The monoisotopic (exact) mass is 384 g/mol. The minimum Gasteiger partial charge on any atom is -0.427 e. The van der Waals surface area contributed by atoms with E-state index in [1.165, 1.54) is 89.5 Å². The van der Waals surface area contributed by atoms with Crippen LogP contribution in [0, 0.1) is 23.7 Å². The van der Waals surface area contributed by atoms with E-state index in [-0.39, 0.29) is 5.97 Å². The molecule has 0 bridgehead atoms. The van der Waals surface area contributed by atoms with Crippen LogP contribution in [0.3, 0.4) is 0 Å². The van der Waals surface area contributed by atoms with Crippen LogP contribution in [0.15, 0.2) is 24.3 Å². The highest BCUT2D eigenvalue weighted by atomic mass is 16.5. The summed E-state index contributed by atoms with van der Waals surface area (Å²) in [5, 5.41) is 0. The van der Waals surface area contributed by atoms with Crippen molar-refractivity contribution in [3.05, 3.63) is 29.8 Å². The molecule has 28 heavy (non-hydrogen) atoms. The minimum absolute atomic E-state index is 0.251. The summed E-state index contributed by atoms with van der Waals surface area (Å²) >= 11 is 0. The van der Waals surface area contributed by atoms with Gasteiger partial charge < -0.3 is 4.74 Å². The van der Waals surface area contributed by atoms with Crippen LogP contribution in [0.4, 0.5) is 0 Å². The fraction of sp³-hybridized carbons (Fsp3) is 0.731. The molecular formula is C26H40O2. The molecule has 0 aromatic heterocycles. The Morgan fingerprint density at radius 1 is 0.857 bits per heavy atom. The third kappa shape index (κ3) is 6.64. The maximum Gasteiger partial charge on any atom is 0.308 e. The average molecular weight is 385 g/mol. The molecule has 2 aliphatic rings. The first-order valence-corrected chi connectivity index (χ1v) is 11.9. The number of hydrogen-bond acceptors (Lipinski definition) is 2. The van der Waals surface area contributed by atoms with Gasteiger partial charge in [0.25, 0.3) is 0 Å². The van der Waals surface area contributed by atoms with Crippen LogP contribution >= 0.6 is 0 Å². The van der Waals surface area contributed by atoms with Gasteiger partial charge in [0.05, 0.1) is 0 Å². The zero-order valence-corrected chi connectivity index (χ0v) is 18.1. The van der Waals surface area contributed by atoms with E-state index in [4.69, 9.17) is 4.74 Å². The number of carbonyl (C=O) groups is 1. The summed E-state index contributed by atoms with van der Waals surface area (Å²) in [5.74, 6) is 4.41. The van der Waals surface area contributed by atoms with Crippen molar-refractivity contribution in [2.75, 3.05) is 0 Å². The van der Waals surface area contributed by atoms with Gasteiger partial charge in [0.2, 0.25) is 0 Å². The van der Waals surface area contributed by atoms with Crippen LogP contribution in [0.25, 0.3) is 0 Å².